The van der Waals surface area contributed by atoms with Crippen molar-refractivity contribution in [3.8, 4) is 0 Å². The van der Waals surface area contributed by atoms with Crippen LogP contribution in [0.3, 0.4) is 0 Å². The summed E-state index contributed by atoms with van der Waals surface area (Å²) in [6.45, 7) is 6.79. The third-order valence-corrected chi connectivity index (χ3v) is 3.71. The predicted molar refractivity (Wildman–Crippen MR) is 66.3 cm³/mol. The van der Waals surface area contributed by atoms with Crippen LogP contribution in [0.25, 0.3) is 0 Å². The molecule has 1 atom stereocenters. The molecule has 1 aliphatic rings. The second kappa shape index (κ2) is 4.58. The zero-order chi connectivity index (χ0) is 11.6. The maximum Gasteiger partial charge on any atom is 0.0521 e. The first-order valence-corrected chi connectivity index (χ1v) is 6.32. The molecule has 1 saturated carbocycles. The molecule has 0 aromatic carbocycles. The largest absolute Gasteiger partial charge is 0.316 e. The zero-order valence-corrected chi connectivity index (χ0v) is 10.7. The molecule has 3 nitrogen and oxygen atoms in total. The number of aryl methyl sites for hydroxylation is 1. The molecular formula is C13H23N3. The van der Waals surface area contributed by atoms with Gasteiger partial charge in [0, 0.05) is 19.8 Å². The third kappa shape index (κ3) is 2.64. The van der Waals surface area contributed by atoms with Crippen molar-refractivity contribution in [1.82, 2.24) is 15.1 Å². The minimum Gasteiger partial charge on any atom is -0.316 e. The monoisotopic (exact) mass is 221 g/mol. The summed E-state index contributed by atoms with van der Waals surface area (Å²) in [4.78, 5) is 0. The highest BCUT2D eigenvalue weighted by atomic mass is 15.2. The fourth-order valence-corrected chi connectivity index (χ4v) is 2.57. The standard InChI is InChI=1S/C13H23N3/c1-4-14-10-13(2,12-5-6-12)7-11-8-15-16(3)9-11/h8-9,12,14H,4-7,10H2,1-3H3. The second-order valence-electron chi connectivity index (χ2n) is 5.41. The maximum absolute atomic E-state index is 4.26. The van der Waals surface area contributed by atoms with Gasteiger partial charge < -0.3 is 5.32 Å². The van der Waals surface area contributed by atoms with E-state index in [0.29, 0.717) is 5.41 Å². The summed E-state index contributed by atoms with van der Waals surface area (Å²) in [5.74, 6) is 0.909. The van der Waals surface area contributed by atoms with Crippen LogP contribution in [-0.4, -0.2) is 22.9 Å². The van der Waals surface area contributed by atoms with Crippen LogP contribution in [0.5, 0.6) is 0 Å². The Bertz CT molecular complexity index is 341. The van der Waals surface area contributed by atoms with Crippen molar-refractivity contribution in [1.29, 1.82) is 0 Å². The van der Waals surface area contributed by atoms with Gasteiger partial charge in [0.1, 0.15) is 0 Å². The van der Waals surface area contributed by atoms with Gasteiger partial charge in [0.25, 0.3) is 0 Å². The van der Waals surface area contributed by atoms with Crippen LogP contribution in [0.2, 0.25) is 0 Å². The van der Waals surface area contributed by atoms with E-state index in [4.69, 9.17) is 0 Å². The van der Waals surface area contributed by atoms with Crippen LogP contribution in [0, 0.1) is 11.3 Å². The molecule has 0 saturated heterocycles. The number of aromatic nitrogens is 2. The summed E-state index contributed by atoms with van der Waals surface area (Å²) in [6.07, 6.45) is 8.11. The number of nitrogens with zero attached hydrogens (tertiary/aromatic N) is 2. The topological polar surface area (TPSA) is 29.9 Å². The Kier molecular flexibility index (Phi) is 3.33. The summed E-state index contributed by atoms with van der Waals surface area (Å²) >= 11 is 0. The van der Waals surface area contributed by atoms with E-state index in [-0.39, 0.29) is 0 Å². The highest BCUT2D eigenvalue weighted by Crippen LogP contribution is 2.46. The van der Waals surface area contributed by atoms with E-state index in [1.165, 1.54) is 18.4 Å². The summed E-state index contributed by atoms with van der Waals surface area (Å²) in [6, 6.07) is 0. The first-order chi connectivity index (χ1) is 7.64. The van der Waals surface area contributed by atoms with Crippen LogP contribution in [-0.2, 0) is 13.5 Å². The SMILES string of the molecule is CCNCC(C)(Cc1cnn(C)c1)C1CC1. The first-order valence-electron chi connectivity index (χ1n) is 6.32. The number of rotatable bonds is 6. The van der Waals surface area contributed by atoms with Gasteiger partial charge in [0.05, 0.1) is 6.20 Å². The second-order valence-corrected chi connectivity index (χ2v) is 5.41. The molecule has 0 spiro atoms. The smallest absolute Gasteiger partial charge is 0.0521 e. The molecule has 0 aliphatic heterocycles. The average Bonchev–Trinajstić information content (AvgIpc) is 3.02. The van der Waals surface area contributed by atoms with Gasteiger partial charge in [-0.15, -0.1) is 0 Å². The Labute approximate surface area is 98.2 Å². The molecule has 0 bridgehead atoms. The minimum atomic E-state index is 0.416. The quantitative estimate of drug-likeness (QED) is 0.796. The minimum absolute atomic E-state index is 0.416. The van der Waals surface area contributed by atoms with E-state index in [2.05, 4.69) is 30.5 Å². The highest BCUT2D eigenvalue weighted by molar-refractivity contribution is 5.10. The number of hydrogen-bond acceptors (Lipinski definition) is 2. The van der Waals surface area contributed by atoms with Crippen LogP contribution >= 0.6 is 0 Å². The van der Waals surface area contributed by atoms with Gasteiger partial charge in [-0.25, -0.2) is 0 Å². The van der Waals surface area contributed by atoms with E-state index in [1.54, 1.807) is 0 Å². The van der Waals surface area contributed by atoms with Gasteiger partial charge in [0.2, 0.25) is 0 Å². The summed E-state index contributed by atoms with van der Waals surface area (Å²) in [5.41, 5.74) is 1.79. The van der Waals surface area contributed by atoms with Crippen molar-refractivity contribution in [2.45, 2.75) is 33.1 Å². The molecule has 1 aromatic rings. The molecule has 1 fully saturated rings. The van der Waals surface area contributed by atoms with E-state index in [9.17, 15) is 0 Å². The van der Waals surface area contributed by atoms with Crippen LogP contribution in [0.1, 0.15) is 32.3 Å². The van der Waals surface area contributed by atoms with Gasteiger partial charge in [0.15, 0.2) is 0 Å². The van der Waals surface area contributed by atoms with Crippen molar-refractivity contribution in [2.75, 3.05) is 13.1 Å². The van der Waals surface area contributed by atoms with Gasteiger partial charge in [-0.2, -0.15) is 5.10 Å². The molecule has 2 rings (SSSR count). The maximum atomic E-state index is 4.26. The molecule has 3 heteroatoms. The van der Waals surface area contributed by atoms with Gasteiger partial charge in [-0.05, 0) is 42.7 Å². The molecule has 1 heterocycles. The van der Waals surface area contributed by atoms with Crippen LogP contribution < -0.4 is 5.32 Å². The molecular weight excluding hydrogens is 198 g/mol. The van der Waals surface area contributed by atoms with Crippen molar-refractivity contribution < 1.29 is 0 Å². The Balaban J connectivity index is 2.01. The molecule has 1 aromatic heterocycles. The third-order valence-electron chi connectivity index (χ3n) is 3.71. The van der Waals surface area contributed by atoms with Crippen molar-refractivity contribution in [3.05, 3.63) is 18.0 Å². The highest BCUT2D eigenvalue weighted by Gasteiger charge is 2.41. The van der Waals surface area contributed by atoms with E-state index >= 15 is 0 Å². The predicted octanol–water partition coefficient (Wildman–Crippen LogP) is 1.99. The fourth-order valence-electron chi connectivity index (χ4n) is 2.57. The number of hydrogen-bond donors (Lipinski definition) is 1. The Morgan fingerprint density at radius 3 is 2.81 bits per heavy atom. The first kappa shape index (κ1) is 11.6. The van der Waals surface area contributed by atoms with Crippen molar-refractivity contribution >= 4 is 0 Å². The van der Waals surface area contributed by atoms with Crippen LogP contribution in [0.4, 0.5) is 0 Å². The Morgan fingerprint density at radius 2 is 2.31 bits per heavy atom. The average molecular weight is 221 g/mol. The normalized spacial score (nSPS) is 19.7. The molecule has 1 aliphatic carbocycles. The lowest BCUT2D eigenvalue weighted by molar-refractivity contribution is 0.258. The van der Waals surface area contributed by atoms with E-state index in [1.807, 2.05) is 17.9 Å². The summed E-state index contributed by atoms with van der Waals surface area (Å²) in [7, 11) is 1.99. The van der Waals surface area contributed by atoms with Crippen LogP contribution in [0.15, 0.2) is 12.4 Å². The molecule has 0 amide bonds. The zero-order valence-electron chi connectivity index (χ0n) is 10.7. The van der Waals surface area contributed by atoms with Gasteiger partial charge in [-0.1, -0.05) is 13.8 Å². The molecule has 1 unspecified atom stereocenters. The Morgan fingerprint density at radius 1 is 1.56 bits per heavy atom. The van der Waals surface area contributed by atoms with Crippen molar-refractivity contribution in [2.24, 2.45) is 18.4 Å². The van der Waals surface area contributed by atoms with E-state index in [0.717, 1.165) is 25.4 Å². The lowest BCUT2D eigenvalue weighted by atomic mass is 9.79. The molecule has 90 valence electrons. The summed E-state index contributed by atoms with van der Waals surface area (Å²) in [5, 5.41) is 7.77. The Hall–Kier alpha value is -0.830. The lowest BCUT2D eigenvalue weighted by Gasteiger charge is -2.29. The van der Waals surface area contributed by atoms with Gasteiger partial charge >= 0.3 is 0 Å². The lowest BCUT2D eigenvalue weighted by Crippen LogP contribution is -2.35. The van der Waals surface area contributed by atoms with E-state index < -0.39 is 0 Å². The van der Waals surface area contributed by atoms with Gasteiger partial charge in [-0.3, -0.25) is 4.68 Å². The number of nitrogens with one attached hydrogen (secondary N) is 1. The molecule has 0 radical (unpaired) electrons. The summed E-state index contributed by atoms with van der Waals surface area (Å²) < 4.78 is 1.90. The molecule has 16 heavy (non-hydrogen) atoms. The molecule has 1 N–H and O–H groups in total. The van der Waals surface area contributed by atoms with Crippen molar-refractivity contribution in [3.63, 3.8) is 0 Å². The fraction of sp³-hybridized carbons (Fsp3) is 0.769.